The van der Waals surface area contributed by atoms with E-state index in [4.69, 9.17) is 9.97 Å². The molecule has 1 aliphatic heterocycles. The van der Waals surface area contributed by atoms with Gasteiger partial charge in [0.15, 0.2) is 0 Å². The fourth-order valence-electron chi connectivity index (χ4n) is 7.72. The number of hydrogen-bond donors (Lipinski definition) is 0. The second-order valence-corrected chi connectivity index (χ2v) is 12.8. The first-order valence-electron chi connectivity index (χ1n) is 17.0. The van der Waals surface area contributed by atoms with Crippen molar-refractivity contribution in [2.24, 2.45) is 0 Å². The van der Waals surface area contributed by atoms with Gasteiger partial charge in [0.1, 0.15) is 0 Å². The van der Waals surface area contributed by atoms with Crippen LogP contribution in [0.2, 0.25) is 0 Å². The molecule has 0 bridgehead atoms. The maximum absolute atomic E-state index is 4.91. The number of hydrogen-bond acceptors (Lipinski definition) is 3. The number of para-hydroxylation sites is 1. The van der Waals surface area contributed by atoms with Crippen LogP contribution in [0.1, 0.15) is 0 Å². The van der Waals surface area contributed by atoms with Crippen molar-refractivity contribution in [2.75, 3.05) is 4.90 Å². The Labute approximate surface area is 311 Å². The summed E-state index contributed by atoms with van der Waals surface area (Å²) in [4.78, 5) is 12.2. The van der Waals surface area contributed by atoms with Gasteiger partial charge in [-0.1, -0.05) is 103 Å². The van der Waals surface area contributed by atoms with Crippen LogP contribution < -0.4 is 21.3 Å². The molecule has 3 heterocycles. The first-order valence-corrected chi connectivity index (χ1v) is 17.0. The third-order valence-corrected chi connectivity index (χ3v) is 9.97. The van der Waals surface area contributed by atoms with Gasteiger partial charge >= 0.3 is 21.1 Å². The predicted octanol–water partition coefficient (Wildman–Crippen LogP) is 9.17. The Bertz CT molecular complexity index is 2750. The SMILES string of the molecule is [Pt+2].[c-]1c(B2c3[c-]c(-c4nccc5ccccc45)ccc3N(c3cccc4ccccc34)c3ccccc32)cccc1-c1nccc2ccccc12. The molecule has 0 radical (unpaired) electrons. The minimum atomic E-state index is -0.128. The smallest absolute Gasteiger partial charge is 0.352 e. The van der Waals surface area contributed by atoms with Gasteiger partial charge in [0.2, 0.25) is 6.71 Å². The van der Waals surface area contributed by atoms with Crippen LogP contribution in [0.15, 0.2) is 170 Å². The largest absolute Gasteiger partial charge is 2.00 e. The molecule has 0 atom stereocenters. The van der Waals surface area contributed by atoms with Gasteiger partial charge in [0, 0.05) is 29.2 Å². The topological polar surface area (TPSA) is 29.0 Å². The molecule has 5 heteroatoms. The molecule has 10 rings (SSSR count). The summed E-state index contributed by atoms with van der Waals surface area (Å²) in [5.41, 5.74) is 10.5. The molecule has 1 aliphatic rings. The van der Waals surface area contributed by atoms with E-state index in [0.717, 1.165) is 72.0 Å². The summed E-state index contributed by atoms with van der Waals surface area (Å²) in [6.45, 7) is -0.128. The molecule has 9 aromatic rings. The van der Waals surface area contributed by atoms with Crippen molar-refractivity contribution in [3.8, 4) is 22.5 Å². The Morgan fingerprint density at radius 1 is 0.431 bits per heavy atom. The summed E-state index contributed by atoms with van der Waals surface area (Å²) in [5, 5.41) is 6.95. The molecule has 0 saturated carbocycles. The average Bonchev–Trinajstić information content (AvgIpc) is 3.19. The summed E-state index contributed by atoms with van der Waals surface area (Å²) in [5.74, 6) is 0. The normalized spacial score (nSPS) is 12.1. The van der Waals surface area contributed by atoms with Crippen LogP contribution in [0.5, 0.6) is 0 Å². The predicted molar refractivity (Wildman–Crippen MR) is 209 cm³/mol. The quantitative estimate of drug-likeness (QED) is 0.131. The Kier molecular flexibility index (Phi) is 7.83. The van der Waals surface area contributed by atoms with Crippen molar-refractivity contribution < 1.29 is 21.1 Å². The molecule has 2 aromatic heterocycles. The Morgan fingerprint density at radius 2 is 0.980 bits per heavy atom. The molecule has 3 nitrogen and oxygen atoms in total. The average molecular weight is 829 g/mol. The molecule has 0 N–H and O–H groups in total. The number of fused-ring (bicyclic) bond motifs is 5. The molecule has 51 heavy (non-hydrogen) atoms. The maximum atomic E-state index is 4.91. The number of anilines is 3. The van der Waals surface area contributed by atoms with Gasteiger partial charge in [-0.15, -0.1) is 59.1 Å². The van der Waals surface area contributed by atoms with E-state index in [9.17, 15) is 0 Å². The van der Waals surface area contributed by atoms with Gasteiger partial charge in [0.25, 0.3) is 0 Å². The van der Waals surface area contributed by atoms with E-state index < -0.39 is 0 Å². The van der Waals surface area contributed by atoms with Crippen LogP contribution >= 0.6 is 0 Å². The van der Waals surface area contributed by atoms with Crippen LogP contribution in [-0.2, 0) is 21.1 Å². The molecule has 0 fully saturated rings. The summed E-state index contributed by atoms with van der Waals surface area (Å²) in [6, 6.07) is 63.7. The van der Waals surface area contributed by atoms with Crippen LogP contribution in [0.3, 0.4) is 0 Å². The van der Waals surface area contributed by atoms with Gasteiger partial charge in [0.05, 0.1) is 0 Å². The van der Waals surface area contributed by atoms with Crippen molar-refractivity contribution in [3.05, 3.63) is 182 Å². The third kappa shape index (κ3) is 5.18. The van der Waals surface area contributed by atoms with E-state index in [2.05, 4.69) is 175 Å². The van der Waals surface area contributed by atoms with Gasteiger partial charge in [-0.2, -0.15) is 5.46 Å². The van der Waals surface area contributed by atoms with E-state index in [0.29, 0.717) is 0 Å². The van der Waals surface area contributed by atoms with Gasteiger partial charge < -0.3 is 14.9 Å². The van der Waals surface area contributed by atoms with Crippen LogP contribution in [0.4, 0.5) is 17.1 Å². The fraction of sp³-hybridized carbons (Fsp3) is 0. The Morgan fingerprint density at radius 3 is 1.71 bits per heavy atom. The molecule has 240 valence electrons. The molecule has 0 saturated heterocycles. The number of pyridine rings is 2. The molecule has 0 unspecified atom stereocenters. The summed E-state index contributed by atoms with van der Waals surface area (Å²) >= 11 is 0. The zero-order chi connectivity index (χ0) is 33.0. The standard InChI is InChI=1S/C46H28BN3.Pt/c1-4-17-37-31(11-1)14-10-22-42(37)50-43-21-8-7-20-40(43)47(36-16-9-15-34(29-36)45-38-18-5-2-12-32(38)25-27-48-45)41-30-35(23-24-44(41)50)46-39-19-6-3-13-33(39)26-28-49-46;/h1-28H;/q-2;+2. The van der Waals surface area contributed by atoms with E-state index in [-0.39, 0.29) is 27.8 Å². The monoisotopic (exact) mass is 828 g/mol. The zero-order valence-corrected chi connectivity index (χ0v) is 29.7. The summed E-state index contributed by atoms with van der Waals surface area (Å²) in [6.07, 6.45) is 3.79. The molecule has 0 amide bonds. The molecular formula is C46H28BN3Pt. The van der Waals surface area contributed by atoms with Gasteiger partial charge in [-0.25, -0.2) is 0 Å². The van der Waals surface area contributed by atoms with E-state index in [1.165, 1.54) is 16.2 Å². The minimum absolute atomic E-state index is 0. The van der Waals surface area contributed by atoms with E-state index >= 15 is 0 Å². The number of nitrogens with zero attached hydrogens (tertiary/aromatic N) is 3. The number of aromatic nitrogens is 2. The zero-order valence-electron chi connectivity index (χ0n) is 27.4. The second kappa shape index (κ2) is 12.8. The summed E-state index contributed by atoms with van der Waals surface area (Å²) < 4.78 is 0. The van der Waals surface area contributed by atoms with Crippen molar-refractivity contribution in [1.29, 1.82) is 0 Å². The van der Waals surface area contributed by atoms with Crippen molar-refractivity contribution in [1.82, 2.24) is 9.97 Å². The van der Waals surface area contributed by atoms with Crippen molar-refractivity contribution in [3.63, 3.8) is 0 Å². The first kappa shape index (κ1) is 31.2. The second-order valence-electron chi connectivity index (χ2n) is 12.8. The maximum Gasteiger partial charge on any atom is 2.00 e. The van der Waals surface area contributed by atoms with Crippen molar-refractivity contribution >= 4 is 72.5 Å². The number of rotatable bonds is 4. The van der Waals surface area contributed by atoms with E-state index in [1.54, 1.807) is 0 Å². The van der Waals surface area contributed by atoms with Crippen molar-refractivity contribution in [2.45, 2.75) is 0 Å². The van der Waals surface area contributed by atoms with Crippen LogP contribution in [0, 0.1) is 12.1 Å². The fourth-order valence-corrected chi connectivity index (χ4v) is 7.72. The third-order valence-electron chi connectivity index (χ3n) is 9.97. The van der Waals surface area contributed by atoms with Gasteiger partial charge in [-0.05, 0) is 73.7 Å². The Balaban J connectivity index is 0.00000348. The first-order chi connectivity index (χ1) is 24.8. The molecule has 0 aliphatic carbocycles. The summed E-state index contributed by atoms with van der Waals surface area (Å²) in [7, 11) is 0. The van der Waals surface area contributed by atoms with Crippen LogP contribution in [0.25, 0.3) is 54.8 Å². The van der Waals surface area contributed by atoms with Crippen LogP contribution in [-0.4, -0.2) is 16.7 Å². The molecular weight excluding hydrogens is 800 g/mol. The van der Waals surface area contributed by atoms with E-state index in [1.807, 2.05) is 12.4 Å². The molecule has 0 spiro atoms. The Hall–Kier alpha value is -5.83. The molecule has 7 aromatic carbocycles. The minimum Gasteiger partial charge on any atom is -0.352 e. The van der Waals surface area contributed by atoms with Gasteiger partial charge in [-0.3, -0.25) is 0 Å². The number of benzene rings is 7.